The number of aromatic amines is 1. The SMILES string of the molecule is COc1ccc(C(OC[C@H]2O[C@@H](n3nc(CCCNC(=O)C(F)(F)F)c4c(=O)[nH]c(/N=C/N(C)C)nc43)C[C@H]2OP(C)OCCC#N)(c2ccccc2)c2ccc(OC)cc2)cc1. The van der Waals surface area contributed by atoms with E-state index in [9.17, 15) is 22.8 Å². The number of nitrogens with zero attached hydrogens (tertiary/aromatic N) is 6. The van der Waals surface area contributed by atoms with E-state index in [4.69, 9.17) is 38.4 Å². The lowest BCUT2D eigenvalue weighted by Crippen LogP contribution is -2.38. The molecular formula is C43H48F3N8O8P. The minimum atomic E-state index is -5.04. The van der Waals surface area contributed by atoms with Gasteiger partial charge in [-0.25, -0.2) is 9.67 Å². The van der Waals surface area contributed by atoms with Crippen molar-refractivity contribution >= 4 is 37.6 Å². The number of aromatic nitrogens is 4. The van der Waals surface area contributed by atoms with E-state index in [0.29, 0.717) is 11.5 Å². The normalized spacial score (nSPS) is 17.2. The Morgan fingerprint density at radius 3 is 2.27 bits per heavy atom. The smallest absolute Gasteiger partial charge is 0.471 e. The molecule has 334 valence electrons. The summed E-state index contributed by atoms with van der Waals surface area (Å²) in [5, 5.41) is 15.8. The van der Waals surface area contributed by atoms with Gasteiger partial charge in [0.1, 0.15) is 28.6 Å². The molecule has 3 heterocycles. The molecule has 0 spiro atoms. The number of hydrogen-bond donors (Lipinski definition) is 2. The minimum Gasteiger partial charge on any atom is -0.497 e. The molecule has 0 saturated carbocycles. The Bertz CT molecular complexity index is 2380. The number of nitrogens with one attached hydrogen (secondary N) is 2. The molecule has 3 aromatic carbocycles. The molecule has 6 rings (SSSR count). The molecule has 1 unspecified atom stereocenters. The maximum atomic E-state index is 13.7. The highest BCUT2D eigenvalue weighted by Gasteiger charge is 2.44. The molecular weight excluding hydrogens is 844 g/mol. The number of carbonyl (C=O) groups is 1. The summed E-state index contributed by atoms with van der Waals surface area (Å²) in [5.74, 6) is -0.786. The van der Waals surface area contributed by atoms with Crippen molar-refractivity contribution in [2.75, 3.05) is 54.7 Å². The summed E-state index contributed by atoms with van der Waals surface area (Å²) in [5.41, 5.74) is 0.931. The van der Waals surface area contributed by atoms with Crippen LogP contribution in [0.15, 0.2) is 88.6 Å². The Balaban J connectivity index is 1.41. The van der Waals surface area contributed by atoms with E-state index in [1.807, 2.05) is 84.2 Å². The highest BCUT2D eigenvalue weighted by atomic mass is 31.2. The molecule has 2 aromatic heterocycles. The van der Waals surface area contributed by atoms with Crippen LogP contribution in [0.4, 0.5) is 19.1 Å². The lowest BCUT2D eigenvalue weighted by atomic mass is 9.80. The van der Waals surface area contributed by atoms with E-state index in [1.54, 1.807) is 39.9 Å². The lowest BCUT2D eigenvalue weighted by Gasteiger charge is -2.37. The summed E-state index contributed by atoms with van der Waals surface area (Å²) in [4.78, 5) is 38.4. The third-order valence-corrected chi connectivity index (χ3v) is 11.1. The van der Waals surface area contributed by atoms with Gasteiger partial charge in [0.25, 0.3) is 5.56 Å². The number of rotatable bonds is 20. The summed E-state index contributed by atoms with van der Waals surface area (Å²) in [6, 6.07) is 26.9. The predicted octanol–water partition coefficient (Wildman–Crippen LogP) is 6.52. The summed E-state index contributed by atoms with van der Waals surface area (Å²) < 4.78 is 77.5. The van der Waals surface area contributed by atoms with Crippen LogP contribution in [0.2, 0.25) is 0 Å². The van der Waals surface area contributed by atoms with Crippen LogP contribution in [0.25, 0.3) is 11.0 Å². The molecule has 63 heavy (non-hydrogen) atoms. The van der Waals surface area contributed by atoms with E-state index >= 15 is 0 Å². The molecule has 1 aliphatic heterocycles. The molecule has 4 atom stereocenters. The van der Waals surface area contributed by atoms with E-state index in [2.05, 4.69) is 21.0 Å². The number of aryl methyl sites for hydroxylation is 1. The fourth-order valence-corrected chi connectivity index (χ4v) is 8.11. The molecule has 16 nitrogen and oxygen atoms in total. The fraction of sp³-hybridized carbons (Fsp3) is 0.395. The van der Waals surface area contributed by atoms with Crippen LogP contribution in [0.5, 0.6) is 11.5 Å². The van der Waals surface area contributed by atoms with E-state index in [-0.39, 0.29) is 68.1 Å². The van der Waals surface area contributed by atoms with Crippen molar-refractivity contribution in [2.45, 2.75) is 55.9 Å². The zero-order chi connectivity index (χ0) is 45.1. The van der Waals surface area contributed by atoms with Crippen LogP contribution in [0, 0.1) is 11.3 Å². The van der Waals surface area contributed by atoms with Crippen molar-refractivity contribution in [1.29, 1.82) is 5.26 Å². The van der Waals surface area contributed by atoms with Gasteiger partial charge >= 0.3 is 12.1 Å². The van der Waals surface area contributed by atoms with E-state index < -0.39 is 50.1 Å². The van der Waals surface area contributed by atoms with Gasteiger partial charge in [0.05, 0.1) is 58.1 Å². The van der Waals surface area contributed by atoms with Gasteiger partial charge in [-0.1, -0.05) is 54.6 Å². The van der Waals surface area contributed by atoms with Crippen molar-refractivity contribution in [3.8, 4) is 17.6 Å². The second-order valence-electron chi connectivity index (χ2n) is 14.5. The lowest BCUT2D eigenvalue weighted by molar-refractivity contribution is -0.173. The predicted molar refractivity (Wildman–Crippen MR) is 228 cm³/mol. The van der Waals surface area contributed by atoms with Crippen molar-refractivity contribution in [1.82, 2.24) is 30.0 Å². The van der Waals surface area contributed by atoms with Crippen molar-refractivity contribution in [3.05, 3.63) is 112 Å². The molecule has 20 heteroatoms. The number of amides is 1. The van der Waals surface area contributed by atoms with Gasteiger partial charge in [-0.15, -0.1) is 0 Å². The molecule has 0 bridgehead atoms. The number of nitriles is 1. The summed E-state index contributed by atoms with van der Waals surface area (Å²) in [6.45, 7) is 1.56. The van der Waals surface area contributed by atoms with Gasteiger partial charge in [-0.05, 0) is 53.8 Å². The van der Waals surface area contributed by atoms with Crippen LogP contribution in [0.3, 0.4) is 0 Å². The fourth-order valence-electron chi connectivity index (χ4n) is 7.10. The number of aliphatic imine (C=N–C) groups is 1. The number of fused-ring (bicyclic) bond motifs is 1. The second kappa shape index (κ2) is 21.0. The highest BCUT2D eigenvalue weighted by Crippen LogP contribution is 2.46. The zero-order valence-electron chi connectivity index (χ0n) is 35.3. The van der Waals surface area contributed by atoms with Gasteiger partial charge in [0, 0.05) is 33.7 Å². The number of benzene rings is 3. The standard InChI is InChI=1S/C43H48F3N8O8P/c1-53(2)27-49-41-50-38-37(39(55)51-41)33(13-9-23-48-40(56)43(44,45)46)52-54(38)36-25-34(62-63(5)60-24-10-22-47)35(61-36)26-59-42(28-11-7-6-8-12-28,29-14-18-31(57-3)19-15-29)30-16-20-32(58-4)21-17-30/h6-8,11-12,14-21,27,34-36H,9-10,13,23-26H2,1-5H3,(H,48,56)(H,50,51,55)/b49-27+/t34-,35-,36-,63?/m1/s1. The van der Waals surface area contributed by atoms with E-state index in [0.717, 1.165) is 16.7 Å². The Labute approximate surface area is 362 Å². The molecule has 5 aromatic rings. The van der Waals surface area contributed by atoms with Crippen LogP contribution >= 0.6 is 8.38 Å². The third kappa shape index (κ3) is 11.2. The number of methoxy groups -OCH3 is 2. The maximum Gasteiger partial charge on any atom is 0.471 e. The summed E-state index contributed by atoms with van der Waals surface area (Å²) in [7, 11) is 5.15. The van der Waals surface area contributed by atoms with Crippen LogP contribution in [-0.2, 0) is 35.3 Å². The van der Waals surface area contributed by atoms with Gasteiger partial charge in [0.15, 0.2) is 20.3 Å². The highest BCUT2D eigenvalue weighted by molar-refractivity contribution is 7.46. The Kier molecular flexibility index (Phi) is 15.5. The summed E-state index contributed by atoms with van der Waals surface area (Å²) >= 11 is 0. The molecule has 2 N–H and O–H groups in total. The average Bonchev–Trinajstić information content (AvgIpc) is 3.85. The molecule has 1 amide bonds. The number of hydrogen-bond acceptors (Lipinski definition) is 12. The average molecular weight is 893 g/mol. The Morgan fingerprint density at radius 1 is 1.05 bits per heavy atom. The number of H-pyrrole nitrogens is 1. The number of carbonyl (C=O) groups excluding carboxylic acids is 1. The summed E-state index contributed by atoms with van der Waals surface area (Å²) in [6.07, 6.45) is -5.57. The molecule has 0 aliphatic carbocycles. The molecule has 0 radical (unpaired) electrons. The number of ether oxygens (including phenoxy) is 4. The number of halogens is 3. The molecule has 1 fully saturated rings. The van der Waals surface area contributed by atoms with Crippen molar-refractivity contribution < 1.29 is 46.0 Å². The Morgan fingerprint density at radius 2 is 1.68 bits per heavy atom. The minimum absolute atomic E-state index is 0.0161. The van der Waals surface area contributed by atoms with Crippen molar-refractivity contribution in [2.24, 2.45) is 4.99 Å². The topological polar surface area (TPSA) is 187 Å². The van der Waals surface area contributed by atoms with Crippen LogP contribution < -0.4 is 20.3 Å². The van der Waals surface area contributed by atoms with Gasteiger partial charge in [-0.2, -0.15) is 28.5 Å². The molecule has 1 aliphatic rings. The largest absolute Gasteiger partial charge is 0.497 e. The quantitative estimate of drug-likeness (QED) is 0.0284. The first kappa shape index (κ1) is 46.6. The van der Waals surface area contributed by atoms with Crippen molar-refractivity contribution in [3.63, 3.8) is 0 Å². The Hall–Kier alpha value is -5.90. The van der Waals surface area contributed by atoms with Crippen LogP contribution in [0.1, 0.15) is 47.9 Å². The first-order chi connectivity index (χ1) is 30.3. The number of alkyl halides is 3. The van der Waals surface area contributed by atoms with Gasteiger partial charge in [-0.3, -0.25) is 14.6 Å². The first-order valence-electron chi connectivity index (χ1n) is 19.9. The maximum absolute atomic E-state index is 13.7. The first-order valence-corrected chi connectivity index (χ1v) is 21.5. The van der Waals surface area contributed by atoms with Crippen LogP contribution in [-0.4, -0.2) is 110 Å². The van der Waals surface area contributed by atoms with Gasteiger partial charge in [0.2, 0.25) is 5.95 Å². The van der Waals surface area contributed by atoms with Gasteiger partial charge < -0.3 is 38.2 Å². The zero-order valence-corrected chi connectivity index (χ0v) is 36.2. The monoisotopic (exact) mass is 892 g/mol. The second-order valence-corrected chi connectivity index (χ2v) is 15.9. The van der Waals surface area contributed by atoms with E-state index in [1.165, 1.54) is 11.0 Å². The molecule has 1 saturated heterocycles. The third-order valence-electron chi connectivity index (χ3n) is 10.0.